The number of hydrogen-bond acceptors (Lipinski definition) is 3. The zero-order valence-electron chi connectivity index (χ0n) is 12.2. The van der Waals surface area contributed by atoms with E-state index in [1.54, 1.807) is 6.07 Å². The molecular formula is C16H21FO3. The lowest BCUT2D eigenvalue weighted by Crippen LogP contribution is -2.45. The largest absolute Gasteiger partial charge is 0.494 e. The van der Waals surface area contributed by atoms with Crippen LogP contribution >= 0.6 is 0 Å². The zero-order valence-corrected chi connectivity index (χ0v) is 12.2. The molecule has 0 N–H and O–H groups in total. The van der Waals surface area contributed by atoms with Crippen LogP contribution in [0.25, 0.3) is 0 Å². The molecule has 4 heteroatoms. The molecule has 0 bridgehead atoms. The molecule has 2 unspecified atom stereocenters. The highest BCUT2D eigenvalue weighted by Gasteiger charge is 2.43. The average Bonchev–Trinajstić information content (AvgIpc) is 2.46. The first-order chi connectivity index (χ1) is 9.54. The molecule has 0 aliphatic heterocycles. The molecule has 0 amide bonds. The lowest BCUT2D eigenvalue weighted by atomic mass is 9.74. The van der Waals surface area contributed by atoms with Crippen LogP contribution in [-0.2, 0) is 4.74 Å². The van der Waals surface area contributed by atoms with Crippen molar-refractivity contribution in [3.63, 3.8) is 0 Å². The van der Waals surface area contributed by atoms with E-state index >= 15 is 0 Å². The Bertz CT molecular complexity index is 500. The maximum absolute atomic E-state index is 14.3. The first-order valence-electron chi connectivity index (χ1n) is 6.96. The average molecular weight is 280 g/mol. The van der Waals surface area contributed by atoms with Crippen LogP contribution in [0.15, 0.2) is 18.2 Å². The second-order valence-corrected chi connectivity index (χ2v) is 5.55. The Balaban J connectivity index is 2.38. The van der Waals surface area contributed by atoms with Crippen molar-refractivity contribution in [2.24, 2.45) is 5.92 Å². The summed E-state index contributed by atoms with van der Waals surface area (Å²) in [6.45, 7) is 2.10. The Kier molecular flexibility index (Phi) is 4.43. The maximum atomic E-state index is 14.3. The number of ketones is 1. The van der Waals surface area contributed by atoms with E-state index in [0.29, 0.717) is 18.8 Å². The van der Waals surface area contributed by atoms with Gasteiger partial charge in [0, 0.05) is 7.11 Å². The molecule has 110 valence electrons. The van der Waals surface area contributed by atoms with Crippen LogP contribution in [0.2, 0.25) is 0 Å². The van der Waals surface area contributed by atoms with E-state index in [2.05, 4.69) is 6.92 Å². The second kappa shape index (κ2) is 5.92. The van der Waals surface area contributed by atoms with Crippen LogP contribution in [0.4, 0.5) is 4.39 Å². The monoisotopic (exact) mass is 280 g/mol. The van der Waals surface area contributed by atoms with Crippen molar-refractivity contribution in [1.82, 2.24) is 0 Å². The summed E-state index contributed by atoms with van der Waals surface area (Å²) < 4.78 is 24.8. The zero-order chi connectivity index (χ0) is 14.8. The number of Topliss-reactive ketones (excluding diaryl/α,β-unsaturated/α-hetero) is 1. The minimum Gasteiger partial charge on any atom is -0.494 e. The summed E-state index contributed by atoms with van der Waals surface area (Å²) in [5.74, 6) is -0.384. The van der Waals surface area contributed by atoms with Gasteiger partial charge in [-0.3, -0.25) is 4.79 Å². The predicted octanol–water partition coefficient (Wildman–Crippen LogP) is 3.61. The molecule has 1 aliphatic rings. The second-order valence-electron chi connectivity index (χ2n) is 5.55. The van der Waals surface area contributed by atoms with E-state index in [0.717, 1.165) is 12.8 Å². The molecule has 0 radical (unpaired) electrons. The molecule has 1 aromatic rings. The smallest absolute Gasteiger partial charge is 0.197 e. The molecule has 1 saturated carbocycles. The van der Waals surface area contributed by atoms with Gasteiger partial charge < -0.3 is 9.47 Å². The number of ether oxygens (including phenoxy) is 2. The molecule has 0 aromatic heterocycles. The number of methoxy groups -OCH3 is 2. The van der Waals surface area contributed by atoms with E-state index in [4.69, 9.17) is 9.47 Å². The maximum Gasteiger partial charge on any atom is 0.197 e. The molecule has 0 saturated heterocycles. The summed E-state index contributed by atoms with van der Waals surface area (Å²) in [5.41, 5.74) is -0.842. The number of rotatable bonds is 4. The highest BCUT2D eigenvalue weighted by Crippen LogP contribution is 2.38. The summed E-state index contributed by atoms with van der Waals surface area (Å²) in [4.78, 5) is 12.8. The quantitative estimate of drug-likeness (QED) is 0.790. The molecular weight excluding hydrogens is 259 g/mol. The number of halogens is 1. The van der Waals surface area contributed by atoms with Gasteiger partial charge in [-0.25, -0.2) is 4.39 Å². The van der Waals surface area contributed by atoms with Gasteiger partial charge in [-0.15, -0.1) is 0 Å². The van der Waals surface area contributed by atoms with Crippen LogP contribution in [0, 0.1) is 11.7 Å². The van der Waals surface area contributed by atoms with Crippen molar-refractivity contribution in [3.05, 3.63) is 29.6 Å². The first-order valence-corrected chi connectivity index (χ1v) is 6.96. The molecule has 0 heterocycles. The summed E-state index contributed by atoms with van der Waals surface area (Å²) in [7, 11) is 2.93. The van der Waals surface area contributed by atoms with Crippen LogP contribution in [0.3, 0.4) is 0 Å². The lowest BCUT2D eigenvalue weighted by molar-refractivity contribution is -0.0305. The minimum absolute atomic E-state index is 0.0558. The Morgan fingerprint density at radius 3 is 2.75 bits per heavy atom. The van der Waals surface area contributed by atoms with Gasteiger partial charge in [-0.2, -0.15) is 0 Å². The van der Waals surface area contributed by atoms with E-state index in [-0.39, 0.29) is 17.1 Å². The summed E-state index contributed by atoms with van der Waals surface area (Å²) >= 11 is 0. The van der Waals surface area contributed by atoms with Crippen LogP contribution in [0.5, 0.6) is 5.75 Å². The highest BCUT2D eigenvalue weighted by molar-refractivity contribution is 6.03. The van der Waals surface area contributed by atoms with E-state index < -0.39 is 11.4 Å². The summed E-state index contributed by atoms with van der Waals surface area (Å²) in [6, 6.07) is 4.64. The number of carbonyl (C=O) groups is 1. The fraction of sp³-hybridized carbons (Fsp3) is 0.562. The first kappa shape index (κ1) is 15.0. The third kappa shape index (κ3) is 2.57. The van der Waals surface area contributed by atoms with E-state index in [9.17, 15) is 9.18 Å². The van der Waals surface area contributed by atoms with Gasteiger partial charge >= 0.3 is 0 Å². The van der Waals surface area contributed by atoms with Gasteiger partial charge in [0.1, 0.15) is 5.60 Å². The van der Waals surface area contributed by atoms with Gasteiger partial charge in [0.25, 0.3) is 0 Å². The van der Waals surface area contributed by atoms with Crippen molar-refractivity contribution in [2.75, 3.05) is 14.2 Å². The SMILES string of the molecule is COc1cccc(C(=O)C2(OC)CCCC(C)C2)c1F. The molecule has 2 atom stereocenters. The third-order valence-corrected chi connectivity index (χ3v) is 4.19. The van der Waals surface area contributed by atoms with Gasteiger partial charge in [-0.1, -0.05) is 19.4 Å². The van der Waals surface area contributed by atoms with Crippen LogP contribution in [-0.4, -0.2) is 25.6 Å². The molecule has 1 fully saturated rings. The van der Waals surface area contributed by atoms with Gasteiger partial charge in [-0.05, 0) is 37.3 Å². The number of hydrogen-bond donors (Lipinski definition) is 0. The normalized spacial score (nSPS) is 26.3. The van der Waals surface area contributed by atoms with Crippen LogP contribution in [0.1, 0.15) is 43.0 Å². The fourth-order valence-electron chi connectivity index (χ4n) is 3.08. The Morgan fingerprint density at radius 2 is 2.15 bits per heavy atom. The topological polar surface area (TPSA) is 35.5 Å². The molecule has 0 spiro atoms. The third-order valence-electron chi connectivity index (χ3n) is 4.19. The lowest BCUT2D eigenvalue weighted by Gasteiger charge is -2.37. The Morgan fingerprint density at radius 1 is 1.40 bits per heavy atom. The van der Waals surface area contributed by atoms with Gasteiger partial charge in [0.15, 0.2) is 17.3 Å². The van der Waals surface area contributed by atoms with Gasteiger partial charge in [0.2, 0.25) is 0 Å². The molecule has 1 aliphatic carbocycles. The van der Waals surface area contributed by atoms with Crippen molar-refractivity contribution >= 4 is 5.78 Å². The van der Waals surface area contributed by atoms with E-state index in [1.165, 1.54) is 26.4 Å². The predicted molar refractivity (Wildman–Crippen MR) is 74.7 cm³/mol. The summed E-state index contributed by atoms with van der Waals surface area (Å²) in [6.07, 6.45) is 3.29. The van der Waals surface area contributed by atoms with Gasteiger partial charge in [0.05, 0.1) is 12.7 Å². The minimum atomic E-state index is -0.898. The van der Waals surface area contributed by atoms with Crippen molar-refractivity contribution in [3.8, 4) is 5.75 Å². The van der Waals surface area contributed by atoms with Crippen molar-refractivity contribution in [1.29, 1.82) is 0 Å². The fourth-order valence-corrected chi connectivity index (χ4v) is 3.08. The molecule has 2 rings (SSSR count). The van der Waals surface area contributed by atoms with E-state index in [1.807, 2.05) is 0 Å². The van der Waals surface area contributed by atoms with Crippen molar-refractivity contribution in [2.45, 2.75) is 38.2 Å². The number of benzene rings is 1. The highest BCUT2D eigenvalue weighted by atomic mass is 19.1. The summed E-state index contributed by atoms with van der Waals surface area (Å²) in [5, 5.41) is 0. The van der Waals surface area contributed by atoms with Crippen molar-refractivity contribution < 1.29 is 18.7 Å². The number of carbonyl (C=O) groups excluding carboxylic acids is 1. The Hall–Kier alpha value is -1.42. The molecule has 1 aromatic carbocycles. The van der Waals surface area contributed by atoms with Crippen LogP contribution < -0.4 is 4.74 Å². The standard InChI is InChI=1S/C16H21FO3/c1-11-6-5-9-16(10-11,20-3)15(18)12-7-4-8-13(19-2)14(12)17/h4,7-8,11H,5-6,9-10H2,1-3H3. The Labute approximate surface area is 119 Å². The molecule has 20 heavy (non-hydrogen) atoms. The molecule has 3 nitrogen and oxygen atoms in total.